The molecule has 0 aromatic rings. The highest BCUT2D eigenvalue weighted by molar-refractivity contribution is 8.04. The van der Waals surface area contributed by atoms with Crippen molar-refractivity contribution >= 4 is 20.0 Å². The van der Waals surface area contributed by atoms with E-state index in [1.807, 2.05) is 0 Å². The second-order valence-electron chi connectivity index (χ2n) is 5.25. The van der Waals surface area contributed by atoms with Gasteiger partial charge < -0.3 is 9.47 Å². The fourth-order valence-corrected chi connectivity index (χ4v) is 4.15. The monoisotopic (exact) mass is 417 g/mol. The Bertz CT molecular complexity index is 543. The second-order valence-corrected chi connectivity index (χ2v) is 9.19. The first-order chi connectivity index (χ1) is 11.2. The lowest BCUT2D eigenvalue weighted by Crippen LogP contribution is -2.37. The molecular weight excluding hydrogens is 394 g/mol. The third-order valence-electron chi connectivity index (χ3n) is 2.91. The number of halogens is 4. The van der Waals surface area contributed by atoms with Crippen LogP contribution >= 0.6 is 0 Å². The third kappa shape index (κ3) is 12.5. The standard InChI is InChI=1S/C12H23F4NO6S2/c1-3-11(13,14)9-22-5-7-24(18,19)17-25(20,21)8-6-23-10-12(15,16)4-2/h17H,3-10H2,1-2H3. The second kappa shape index (κ2) is 10.00. The van der Waals surface area contributed by atoms with Crippen LogP contribution in [0.1, 0.15) is 26.7 Å². The molecule has 0 spiro atoms. The zero-order chi connectivity index (χ0) is 19.8. The van der Waals surface area contributed by atoms with E-state index < -0.39 is 82.7 Å². The van der Waals surface area contributed by atoms with Crippen LogP contribution in [0.5, 0.6) is 0 Å². The van der Waals surface area contributed by atoms with E-state index in [9.17, 15) is 34.4 Å². The molecule has 1 N–H and O–H groups in total. The van der Waals surface area contributed by atoms with Gasteiger partial charge in [-0.05, 0) is 0 Å². The van der Waals surface area contributed by atoms with Gasteiger partial charge in [-0.25, -0.2) is 34.4 Å². The van der Waals surface area contributed by atoms with Crippen molar-refractivity contribution in [2.45, 2.75) is 38.5 Å². The van der Waals surface area contributed by atoms with Crippen molar-refractivity contribution in [3.05, 3.63) is 0 Å². The van der Waals surface area contributed by atoms with Crippen LogP contribution in [0, 0.1) is 0 Å². The number of ether oxygens (including phenoxy) is 2. The molecule has 0 radical (unpaired) electrons. The Morgan fingerprint density at radius 1 is 0.760 bits per heavy atom. The van der Waals surface area contributed by atoms with Crippen LogP contribution in [-0.4, -0.2) is 66.6 Å². The van der Waals surface area contributed by atoms with E-state index in [0.717, 1.165) is 0 Å². The summed E-state index contributed by atoms with van der Waals surface area (Å²) in [6, 6.07) is 0. The number of rotatable bonds is 14. The van der Waals surface area contributed by atoms with Gasteiger partial charge in [0.15, 0.2) is 0 Å². The van der Waals surface area contributed by atoms with Gasteiger partial charge in [0, 0.05) is 12.8 Å². The van der Waals surface area contributed by atoms with Crippen LogP contribution < -0.4 is 4.13 Å². The Morgan fingerprint density at radius 3 is 1.36 bits per heavy atom. The van der Waals surface area contributed by atoms with Crippen LogP contribution in [0.2, 0.25) is 0 Å². The van der Waals surface area contributed by atoms with Crippen LogP contribution in [0.3, 0.4) is 0 Å². The van der Waals surface area contributed by atoms with Gasteiger partial charge in [-0.15, -0.1) is 4.13 Å². The maximum absolute atomic E-state index is 12.9. The maximum atomic E-state index is 12.9. The van der Waals surface area contributed by atoms with Gasteiger partial charge in [-0.1, -0.05) is 13.8 Å². The molecule has 0 unspecified atom stereocenters. The van der Waals surface area contributed by atoms with E-state index in [-0.39, 0.29) is 0 Å². The molecule has 0 aromatic heterocycles. The summed E-state index contributed by atoms with van der Waals surface area (Å²) in [5.74, 6) is -7.89. The Labute approximate surface area is 145 Å². The topological polar surface area (TPSA) is 98.8 Å². The van der Waals surface area contributed by atoms with Crippen molar-refractivity contribution in [1.82, 2.24) is 4.13 Å². The molecular formula is C12H23F4NO6S2. The first kappa shape index (κ1) is 24.5. The minimum atomic E-state index is -4.35. The zero-order valence-electron chi connectivity index (χ0n) is 13.9. The summed E-state index contributed by atoms with van der Waals surface area (Å²) in [5.41, 5.74) is 0. The van der Waals surface area contributed by atoms with Crippen LogP contribution in [0.25, 0.3) is 0 Å². The minimum absolute atomic E-state index is 0.483. The van der Waals surface area contributed by atoms with Crippen molar-refractivity contribution in [2.24, 2.45) is 0 Å². The van der Waals surface area contributed by atoms with E-state index in [2.05, 4.69) is 9.47 Å². The molecule has 0 aliphatic rings. The molecule has 0 heterocycles. The molecule has 0 amide bonds. The fraction of sp³-hybridized carbons (Fsp3) is 1.00. The van der Waals surface area contributed by atoms with E-state index >= 15 is 0 Å². The first-order valence-corrected chi connectivity index (χ1v) is 10.7. The number of nitrogens with one attached hydrogen (secondary N) is 1. The highest BCUT2D eigenvalue weighted by Crippen LogP contribution is 2.18. The fourth-order valence-electron chi connectivity index (χ4n) is 1.26. The van der Waals surface area contributed by atoms with Crippen LogP contribution in [0.15, 0.2) is 0 Å². The smallest absolute Gasteiger partial charge is 0.270 e. The van der Waals surface area contributed by atoms with Crippen LogP contribution in [0.4, 0.5) is 17.6 Å². The van der Waals surface area contributed by atoms with Gasteiger partial charge in [-0.2, -0.15) is 0 Å². The number of hydrogen-bond donors (Lipinski definition) is 1. The molecule has 0 saturated heterocycles. The molecule has 0 aromatic carbocycles. The average molecular weight is 417 g/mol. The number of alkyl halides is 4. The summed E-state index contributed by atoms with van der Waals surface area (Å²) in [7, 11) is -8.69. The summed E-state index contributed by atoms with van der Waals surface area (Å²) >= 11 is 0. The highest BCUT2D eigenvalue weighted by Gasteiger charge is 2.28. The van der Waals surface area contributed by atoms with E-state index in [1.54, 1.807) is 0 Å². The third-order valence-corrected chi connectivity index (χ3v) is 6.35. The summed E-state index contributed by atoms with van der Waals surface area (Å²) in [6.07, 6.45) is -0.965. The Kier molecular flexibility index (Phi) is 9.80. The van der Waals surface area contributed by atoms with Crippen molar-refractivity contribution in [2.75, 3.05) is 37.9 Å². The molecule has 152 valence electrons. The molecule has 0 rings (SSSR count). The zero-order valence-corrected chi connectivity index (χ0v) is 15.6. The van der Waals surface area contributed by atoms with E-state index in [4.69, 9.17) is 0 Å². The van der Waals surface area contributed by atoms with E-state index in [0.29, 0.717) is 0 Å². The molecule has 7 nitrogen and oxygen atoms in total. The van der Waals surface area contributed by atoms with Gasteiger partial charge >= 0.3 is 0 Å². The quantitative estimate of drug-likeness (QED) is 0.339. The molecule has 0 fully saturated rings. The van der Waals surface area contributed by atoms with Gasteiger partial charge in [0.05, 0.1) is 24.7 Å². The predicted octanol–water partition coefficient (Wildman–Crippen LogP) is 1.36. The molecule has 0 aliphatic carbocycles. The van der Waals surface area contributed by atoms with Gasteiger partial charge in [0.2, 0.25) is 20.0 Å². The molecule has 13 heteroatoms. The SMILES string of the molecule is CCC(F)(F)COCCS(=O)(=O)NS(=O)(=O)CCOCC(F)(F)CC. The summed E-state index contributed by atoms with van der Waals surface area (Å²) in [5, 5.41) is 0. The molecule has 0 atom stereocenters. The van der Waals surface area contributed by atoms with Crippen molar-refractivity contribution < 1.29 is 43.9 Å². The maximum Gasteiger partial charge on any atom is 0.270 e. The lowest BCUT2D eigenvalue weighted by Gasteiger charge is -2.15. The molecule has 25 heavy (non-hydrogen) atoms. The Morgan fingerprint density at radius 2 is 1.08 bits per heavy atom. The summed E-state index contributed by atoms with van der Waals surface area (Å²) in [4.78, 5) is 0. The lowest BCUT2D eigenvalue weighted by atomic mass is 10.3. The Hall–Kier alpha value is -0.500. The Balaban J connectivity index is 4.25. The van der Waals surface area contributed by atoms with Crippen LogP contribution in [-0.2, 0) is 29.5 Å². The van der Waals surface area contributed by atoms with Crippen molar-refractivity contribution in [3.63, 3.8) is 0 Å². The van der Waals surface area contributed by atoms with E-state index in [1.165, 1.54) is 18.0 Å². The molecule has 0 bridgehead atoms. The lowest BCUT2D eigenvalue weighted by molar-refractivity contribution is -0.0762. The highest BCUT2D eigenvalue weighted by atomic mass is 32.3. The molecule has 0 saturated carbocycles. The normalized spacial score (nSPS) is 14.0. The molecule has 0 aliphatic heterocycles. The first-order valence-electron chi connectivity index (χ1n) is 7.39. The summed E-state index contributed by atoms with van der Waals surface area (Å²) < 4.78 is 108. The van der Waals surface area contributed by atoms with Crippen molar-refractivity contribution in [1.29, 1.82) is 0 Å². The summed E-state index contributed by atoms with van der Waals surface area (Å²) in [6.45, 7) is -0.755. The number of hydrogen-bond acceptors (Lipinski definition) is 6. The van der Waals surface area contributed by atoms with Gasteiger partial charge in [0.1, 0.15) is 13.2 Å². The average Bonchev–Trinajstić information content (AvgIpc) is 2.47. The minimum Gasteiger partial charge on any atom is -0.374 e. The predicted molar refractivity (Wildman–Crippen MR) is 82.8 cm³/mol. The van der Waals surface area contributed by atoms with Crippen molar-refractivity contribution in [3.8, 4) is 0 Å². The van der Waals surface area contributed by atoms with Gasteiger partial charge in [-0.3, -0.25) is 0 Å². The largest absolute Gasteiger partial charge is 0.374 e. The number of sulfonamides is 2. The van der Waals surface area contributed by atoms with Gasteiger partial charge in [0.25, 0.3) is 11.8 Å².